The third kappa shape index (κ3) is 3.63. The molecule has 0 radical (unpaired) electrons. The van der Waals surface area contributed by atoms with Gasteiger partial charge in [-0.1, -0.05) is 32.0 Å². The van der Waals surface area contributed by atoms with Gasteiger partial charge < -0.3 is 15.0 Å². The van der Waals surface area contributed by atoms with Gasteiger partial charge in [-0.15, -0.1) is 0 Å². The van der Waals surface area contributed by atoms with Gasteiger partial charge in [-0.25, -0.2) is 4.39 Å². The first-order valence-electron chi connectivity index (χ1n) is 10.7. The lowest BCUT2D eigenvalue weighted by Gasteiger charge is -2.20. The van der Waals surface area contributed by atoms with Crippen LogP contribution in [0.5, 0.6) is 0 Å². The van der Waals surface area contributed by atoms with Crippen LogP contribution in [0, 0.1) is 5.82 Å². The zero-order valence-corrected chi connectivity index (χ0v) is 18.1. The molecule has 5 heteroatoms. The minimum absolute atomic E-state index is 0.252. The molecule has 0 saturated carbocycles. The Hall–Kier alpha value is -2.66. The number of aryl methyl sites for hydroxylation is 1. The Bertz CT molecular complexity index is 1020. The van der Waals surface area contributed by atoms with E-state index in [0.29, 0.717) is 22.6 Å². The fourth-order valence-electron chi connectivity index (χ4n) is 4.41. The van der Waals surface area contributed by atoms with Crippen molar-refractivity contribution in [2.75, 3.05) is 25.0 Å². The van der Waals surface area contributed by atoms with Crippen molar-refractivity contribution in [2.24, 2.45) is 0 Å². The van der Waals surface area contributed by atoms with Crippen molar-refractivity contribution in [1.82, 2.24) is 4.90 Å². The predicted molar refractivity (Wildman–Crippen MR) is 119 cm³/mol. The van der Waals surface area contributed by atoms with Gasteiger partial charge in [-0.05, 0) is 70.1 Å². The molecular formula is C25H29FN2O2. The molecule has 2 aliphatic heterocycles. The van der Waals surface area contributed by atoms with Crippen LogP contribution in [0.15, 0.2) is 36.4 Å². The maximum Gasteiger partial charge on any atom is 0.260 e. The van der Waals surface area contributed by atoms with Crippen LogP contribution in [0.4, 0.5) is 10.1 Å². The summed E-state index contributed by atoms with van der Waals surface area (Å²) in [7, 11) is 0. The van der Waals surface area contributed by atoms with E-state index in [2.05, 4.69) is 36.2 Å². The molecule has 2 heterocycles. The third-order valence-electron chi connectivity index (χ3n) is 6.12. The number of carbonyl (C=O) groups excluding carboxylic acids is 1. The van der Waals surface area contributed by atoms with Crippen LogP contribution in [0.25, 0.3) is 11.3 Å². The average molecular weight is 409 g/mol. The number of carbonyl (C=O) groups is 1. The van der Waals surface area contributed by atoms with Gasteiger partial charge in [0, 0.05) is 22.4 Å². The number of anilines is 1. The lowest BCUT2D eigenvalue weighted by molar-refractivity contribution is -0.110. The highest BCUT2D eigenvalue weighted by atomic mass is 19.1. The molecule has 4 rings (SSSR count). The van der Waals surface area contributed by atoms with Crippen LogP contribution >= 0.6 is 0 Å². The molecule has 0 spiro atoms. The topological polar surface area (TPSA) is 41.6 Å². The number of nitrogens with zero attached hydrogens (tertiary/aromatic N) is 1. The second-order valence-corrected chi connectivity index (χ2v) is 8.47. The van der Waals surface area contributed by atoms with Gasteiger partial charge in [0.25, 0.3) is 5.91 Å². The SMILES string of the molecule is CCN(CC)CCCc1ccc2c(c1)C(C)(C)O/C2=C1/C(=O)Nc2ccc(F)cc21. The Morgan fingerprint density at radius 3 is 2.57 bits per heavy atom. The molecule has 1 amide bonds. The highest BCUT2D eigenvalue weighted by Crippen LogP contribution is 2.48. The Morgan fingerprint density at radius 1 is 1.07 bits per heavy atom. The molecule has 4 nitrogen and oxygen atoms in total. The average Bonchev–Trinajstić information content (AvgIpc) is 3.17. The molecule has 0 unspecified atom stereocenters. The Balaban J connectivity index is 1.68. The number of fused-ring (bicyclic) bond motifs is 2. The van der Waals surface area contributed by atoms with Crippen molar-refractivity contribution in [3.05, 3.63) is 64.5 Å². The van der Waals surface area contributed by atoms with Crippen LogP contribution in [0.2, 0.25) is 0 Å². The third-order valence-corrected chi connectivity index (χ3v) is 6.12. The molecule has 0 fully saturated rings. The second-order valence-electron chi connectivity index (χ2n) is 8.47. The quantitative estimate of drug-likeness (QED) is 0.669. The zero-order chi connectivity index (χ0) is 21.5. The molecule has 2 aromatic rings. The number of ether oxygens (including phenoxy) is 1. The molecule has 0 aromatic heterocycles. The van der Waals surface area contributed by atoms with Crippen LogP contribution in [0.1, 0.15) is 56.4 Å². The molecule has 0 saturated heterocycles. The Morgan fingerprint density at radius 2 is 1.83 bits per heavy atom. The molecule has 0 atom stereocenters. The Labute approximate surface area is 177 Å². The van der Waals surface area contributed by atoms with Gasteiger partial charge in [-0.3, -0.25) is 4.79 Å². The smallest absolute Gasteiger partial charge is 0.260 e. The number of hydrogen-bond donors (Lipinski definition) is 1. The summed E-state index contributed by atoms with van der Waals surface area (Å²) >= 11 is 0. The van der Waals surface area contributed by atoms with Crippen molar-refractivity contribution in [2.45, 2.75) is 46.1 Å². The number of nitrogens with one attached hydrogen (secondary N) is 1. The van der Waals surface area contributed by atoms with Gasteiger partial charge in [0.2, 0.25) is 0 Å². The normalized spacial score (nSPS) is 18.9. The fourth-order valence-corrected chi connectivity index (χ4v) is 4.41. The highest BCUT2D eigenvalue weighted by Gasteiger charge is 2.40. The van der Waals surface area contributed by atoms with E-state index in [4.69, 9.17) is 4.74 Å². The van der Waals surface area contributed by atoms with Crippen LogP contribution in [-0.4, -0.2) is 30.4 Å². The van der Waals surface area contributed by atoms with Gasteiger partial charge in [-0.2, -0.15) is 0 Å². The largest absolute Gasteiger partial charge is 0.482 e. The number of hydrogen-bond acceptors (Lipinski definition) is 3. The number of benzene rings is 2. The van der Waals surface area contributed by atoms with Gasteiger partial charge in [0.1, 0.15) is 17.2 Å². The van der Waals surface area contributed by atoms with E-state index in [1.165, 1.54) is 17.7 Å². The molecular weight excluding hydrogens is 379 g/mol. The summed E-state index contributed by atoms with van der Waals surface area (Å²) in [6, 6.07) is 10.7. The summed E-state index contributed by atoms with van der Waals surface area (Å²) in [6.45, 7) is 11.6. The zero-order valence-electron chi connectivity index (χ0n) is 18.1. The van der Waals surface area contributed by atoms with Gasteiger partial charge in [0.05, 0.1) is 5.57 Å². The lowest BCUT2D eigenvalue weighted by Crippen LogP contribution is -2.24. The van der Waals surface area contributed by atoms with E-state index in [9.17, 15) is 9.18 Å². The van der Waals surface area contributed by atoms with E-state index in [1.807, 2.05) is 19.9 Å². The second kappa shape index (κ2) is 7.88. The molecule has 0 bridgehead atoms. The van der Waals surface area contributed by atoms with Crippen molar-refractivity contribution in [3.63, 3.8) is 0 Å². The predicted octanol–water partition coefficient (Wildman–Crippen LogP) is 5.19. The number of amides is 1. The summed E-state index contributed by atoms with van der Waals surface area (Å²) < 4.78 is 20.2. The first-order valence-corrected chi connectivity index (χ1v) is 10.7. The molecule has 2 aliphatic rings. The van der Waals surface area contributed by atoms with Crippen LogP contribution in [-0.2, 0) is 21.6 Å². The molecule has 30 heavy (non-hydrogen) atoms. The maximum atomic E-state index is 13.9. The summed E-state index contributed by atoms with van der Waals surface area (Å²) in [6.07, 6.45) is 2.10. The van der Waals surface area contributed by atoms with E-state index in [-0.39, 0.29) is 11.7 Å². The summed E-state index contributed by atoms with van der Waals surface area (Å²) in [4.78, 5) is 15.1. The van der Waals surface area contributed by atoms with E-state index in [0.717, 1.165) is 43.6 Å². The molecule has 0 aliphatic carbocycles. The first kappa shape index (κ1) is 20.6. The van der Waals surface area contributed by atoms with Crippen molar-refractivity contribution in [1.29, 1.82) is 0 Å². The van der Waals surface area contributed by atoms with E-state index >= 15 is 0 Å². The monoisotopic (exact) mass is 408 g/mol. The molecule has 1 N–H and O–H groups in total. The lowest BCUT2D eigenvalue weighted by atomic mass is 9.91. The van der Waals surface area contributed by atoms with Crippen molar-refractivity contribution >= 4 is 22.9 Å². The molecule has 2 aromatic carbocycles. The highest BCUT2D eigenvalue weighted by molar-refractivity contribution is 6.36. The fraction of sp³-hybridized carbons (Fsp3) is 0.400. The number of rotatable bonds is 6. The van der Waals surface area contributed by atoms with Crippen LogP contribution in [0.3, 0.4) is 0 Å². The Kier molecular flexibility index (Phi) is 5.41. The van der Waals surface area contributed by atoms with E-state index < -0.39 is 5.60 Å². The minimum Gasteiger partial charge on any atom is -0.482 e. The van der Waals surface area contributed by atoms with Gasteiger partial charge in [0.15, 0.2) is 0 Å². The van der Waals surface area contributed by atoms with Crippen molar-refractivity contribution < 1.29 is 13.9 Å². The van der Waals surface area contributed by atoms with Crippen molar-refractivity contribution in [3.8, 4) is 0 Å². The summed E-state index contributed by atoms with van der Waals surface area (Å²) in [5.41, 5.74) is 4.28. The molecule has 158 valence electrons. The van der Waals surface area contributed by atoms with Crippen LogP contribution < -0.4 is 5.32 Å². The van der Waals surface area contributed by atoms with E-state index in [1.54, 1.807) is 6.07 Å². The standard InChI is InChI=1S/C25H29FN2O2/c1-5-28(6-2)13-7-8-16-9-11-18-20(14-16)25(3,4)30-23(18)22-19-15-17(26)10-12-21(19)27-24(22)29/h9-12,14-15H,5-8,13H2,1-4H3,(H,27,29)/b23-22+. The first-order chi connectivity index (χ1) is 14.3. The maximum absolute atomic E-state index is 13.9. The summed E-state index contributed by atoms with van der Waals surface area (Å²) in [5.74, 6) is -0.0894. The number of halogens is 1. The minimum atomic E-state index is -0.553. The summed E-state index contributed by atoms with van der Waals surface area (Å²) in [5, 5.41) is 2.82. The van der Waals surface area contributed by atoms with Gasteiger partial charge >= 0.3 is 0 Å².